The Balaban J connectivity index is 2.83. The van der Waals surface area contributed by atoms with Gasteiger partial charge in [-0.3, -0.25) is 4.79 Å². The van der Waals surface area contributed by atoms with E-state index in [1.807, 2.05) is 0 Å². The van der Waals surface area contributed by atoms with Crippen LogP contribution in [0.1, 0.15) is 34.1 Å². The number of allylic oxidation sites excluding steroid dienone is 4. The van der Waals surface area contributed by atoms with E-state index in [0.29, 0.717) is 11.8 Å². The van der Waals surface area contributed by atoms with Crippen LogP contribution >= 0.6 is 0 Å². The van der Waals surface area contributed by atoms with Gasteiger partial charge >= 0.3 is 0 Å². The molecule has 78 valence electrons. The highest BCUT2D eigenvalue weighted by atomic mass is 16.1. The molecule has 0 N–H and O–H groups in total. The third-order valence-corrected chi connectivity index (χ3v) is 3.07. The van der Waals surface area contributed by atoms with E-state index >= 15 is 0 Å². The fourth-order valence-electron chi connectivity index (χ4n) is 2.25. The standard InChI is InChI=1S/C13H20O/c1-10-6-5-9-13(3,4)12(10)8-7-11(2)14/h5,7-10,12H,6H2,1-4H3. The zero-order chi connectivity index (χ0) is 10.8. The quantitative estimate of drug-likeness (QED) is 0.484. The van der Waals surface area contributed by atoms with Crippen LogP contribution in [-0.4, -0.2) is 5.78 Å². The molecule has 2 unspecified atom stereocenters. The highest BCUT2D eigenvalue weighted by molar-refractivity contribution is 5.87. The summed E-state index contributed by atoms with van der Waals surface area (Å²) in [4.78, 5) is 10.9. The van der Waals surface area contributed by atoms with Crippen LogP contribution in [0.2, 0.25) is 0 Å². The lowest BCUT2D eigenvalue weighted by molar-refractivity contribution is -0.112. The fraction of sp³-hybridized carbons (Fsp3) is 0.615. The third kappa shape index (κ3) is 2.57. The number of hydrogen-bond donors (Lipinski definition) is 0. The second-order valence-electron chi connectivity index (χ2n) is 4.93. The van der Waals surface area contributed by atoms with Crippen LogP contribution in [0.25, 0.3) is 0 Å². The molecule has 0 aromatic rings. The largest absolute Gasteiger partial charge is 0.295 e. The highest BCUT2D eigenvalue weighted by Gasteiger charge is 2.31. The second kappa shape index (κ2) is 4.12. The molecule has 1 heteroatoms. The van der Waals surface area contributed by atoms with Crippen molar-refractivity contribution in [2.45, 2.75) is 34.1 Å². The minimum Gasteiger partial charge on any atom is -0.295 e. The number of ketones is 1. The molecule has 0 aromatic heterocycles. The maximum absolute atomic E-state index is 10.9. The van der Waals surface area contributed by atoms with Gasteiger partial charge < -0.3 is 0 Å². The van der Waals surface area contributed by atoms with Crippen molar-refractivity contribution in [1.82, 2.24) is 0 Å². The van der Waals surface area contributed by atoms with Crippen LogP contribution in [0, 0.1) is 17.3 Å². The molecule has 0 heterocycles. The first-order chi connectivity index (χ1) is 6.43. The van der Waals surface area contributed by atoms with E-state index in [4.69, 9.17) is 0 Å². The topological polar surface area (TPSA) is 17.1 Å². The van der Waals surface area contributed by atoms with Gasteiger partial charge in [-0.1, -0.05) is 39.0 Å². The molecule has 0 spiro atoms. The van der Waals surface area contributed by atoms with E-state index in [9.17, 15) is 4.79 Å². The molecule has 1 nitrogen and oxygen atoms in total. The molecule has 0 radical (unpaired) electrons. The van der Waals surface area contributed by atoms with E-state index in [1.54, 1.807) is 13.0 Å². The lowest BCUT2D eigenvalue weighted by atomic mass is 9.68. The van der Waals surface area contributed by atoms with Crippen LogP contribution in [-0.2, 0) is 4.79 Å². The summed E-state index contributed by atoms with van der Waals surface area (Å²) in [5.74, 6) is 1.25. The first-order valence-electron chi connectivity index (χ1n) is 5.30. The predicted octanol–water partition coefficient (Wildman–Crippen LogP) is 3.37. The lowest BCUT2D eigenvalue weighted by Gasteiger charge is -2.37. The number of carbonyl (C=O) groups excluding carboxylic acids is 1. The Morgan fingerprint density at radius 1 is 1.50 bits per heavy atom. The van der Waals surface area contributed by atoms with Crippen molar-refractivity contribution in [3.8, 4) is 0 Å². The Kier molecular flexibility index (Phi) is 3.30. The predicted molar refractivity (Wildman–Crippen MR) is 60.0 cm³/mol. The Hall–Kier alpha value is -0.850. The van der Waals surface area contributed by atoms with E-state index in [0.717, 1.165) is 6.42 Å². The monoisotopic (exact) mass is 192 g/mol. The first-order valence-corrected chi connectivity index (χ1v) is 5.30. The van der Waals surface area contributed by atoms with Crippen molar-refractivity contribution in [2.24, 2.45) is 17.3 Å². The molecule has 0 aliphatic heterocycles. The number of rotatable bonds is 2. The zero-order valence-electron chi connectivity index (χ0n) is 9.58. The van der Waals surface area contributed by atoms with Crippen molar-refractivity contribution in [3.05, 3.63) is 24.3 Å². The summed E-state index contributed by atoms with van der Waals surface area (Å²) < 4.78 is 0. The van der Waals surface area contributed by atoms with Gasteiger partial charge in [0.25, 0.3) is 0 Å². The zero-order valence-corrected chi connectivity index (χ0v) is 9.58. The van der Waals surface area contributed by atoms with Crippen LogP contribution < -0.4 is 0 Å². The Morgan fingerprint density at radius 3 is 2.64 bits per heavy atom. The molecule has 0 saturated heterocycles. The van der Waals surface area contributed by atoms with Crippen LogP contribution in [0.3, 0.4) is 0 Å². The van der Waals surface area contributed by atoms with Crippen molar-refractivity contribution < 1.29 is 4.79 Å². The summed E-state index contributed by atoms with van der Waals surface area (Å²) >= 11 is 0. The van der Waals surface area contributed by atoms with Crippen molar-refractivity contribution >= 4 is 5.78 Å². The molecule has 1 aliphatic carbocycles. The number of hydrogen-bond acceptors (Lipinski definition) is 1. The average Bonchev–Trinajstić information content (AvgIpc) is 2.01. The maximum Gasteiger partial charge on any atom is 0.152 e. The van der Waals surface area contributed by atoms with E-state index < -0.39 is 0 Å². The summed E-state index contributed by atoms with van der Waals surface area (Å²) in [7, 11) is 0. The normalized spacial score (nSPS) is 30.9. The van der Waals surface area contributed by atoms with Gasteiger partial charge in [-0.05, 0) is 36.7 Å². The molecule has 1 rings (SSSR count). The Labute approximate surface area is 86.9 Å². The summed E-state index contributed by atoms with van der Waals surface area (Å²) in [5.41, 5.74) is 0.184. The van der Waals surface area contributed by atoms with Crippen molar-refractivity contribution in [2.75, 3.05) is 0 Å². The molecule has 1 aliphatic rings. The molecular weight excluding hydrogens is 172 g/mol. The maximum atomic E-state index is 10.9. The van der Waals surface area contributed by atoms with E-state index in [-0.39, 0.29) is 11.2 Å². The molecule has 0 fully saturated rings. The molecule has 0 amide bonds. The molecule has 0 aromatic carbocycles. The second-order valence-corrected chi connectivity index (χ2v) is 4.93. The molecule has 0 bridgehead atoms. The average molecular weight is 192 g/mol. The van der Waals surface area contributed by atoms with Gasteiger partial charge in [0.1, 0.15) is 0 Å². The summed E-state index contributed by atoms with van der Waals surface area (Å²) in [6.45, 7) is 8.32. The molecule has 0 saturated carbocycles. The van der Waals surface area contributed by atoms with Crippen LogP contribution in [0.15, 0.2) is 24.3 Å². The van der Waals surface area contributed by atoms with Gasteiger partial charge in [-0.15, -0.1) is 0 Å². The Morgan fingerprint density at radius 2 is 2.14 bits per heavy atom. The van der Waals surface area contributed by atoms with Crippen LogP contribution in [0.4, 0.5) is 0 Å². The van der Waals surface area contributed by atoms with Crippen molar-refractivity contribution in [1.29, 1.82) is 0 Å². The SMILES string of the molecule is CC(=O)C=CC1C(C)CC=CC1(C)C. The van der Waals surface area contributed by atoms with E-state index in [2.05, 4.69) is 39.0 Å². The van der Waals surface area contributed by atoms with Gasteiger partial charge in [-0.2, -0.15) is 0 Å². The minimum atomic E-state index is 0.141. The fourth-order valence-corrected chi connectivity index (χ4v) is 2.25. The summed E-state index contributed by atoms with van der Waals surface area (Å²) in [6, 6.07) is 0. The van der Waals surface area contributed by atoms with Gasteiger partial charge in [0.05, 0.1) is 0 Å². The third-order valence-electron chi connectivity index (χ3n) is 3.07. The van der Waals surface area contributed by atoms with Crippen LogP contribution in [0.5, 0.6) is 0 Å². The van der Waals surface area contributed by atoms with Gasteiger partial charge in [-0.25, -0.2) is 0 Å². The summed E-state index contributed by atoms with van der Waals surface area (Å²) in [5, 5.41) is 0. The lowest BCUT2D eigenvalue weighted by Crippen LogP contribution is -2.29. The van der Waals surface area contributed by atoms with E-state index in [1.165, 1.54) is 0 Å². The molecular formula is C13H20O. The number of carbonyl (C=O) groups is 1. The van der Waals surface area contributed by atoms with Gasteiger partial charge in [0.2, 0.25) is 0 Å². The van der Waals surface area contributed by atoms with Gasteiger partial charge in [0.15, 0.2) is 5.78 Å². The van der Waals surface area contributed by atoms with Gasteiger partial charge in [0, 0.05) is 0 Å². The minimum absolute atomic E-state index is 0.141. The Bertz CT molecular complexity index is 271. The highest BCUT2D eigenvalue weighted by Crippen LogP contribution is 2.40. The summed E-state index contributed by atoms with van der Waals surface area (Å²) in [6.07, 6.45) is 9.43. The first kappa shape index (κ1) is 11.2. The molecule has 2 atom stereocenters. The van der Waals surface area contributed by atoms with Crippen molar-refractivity contribution in [3.63, 3.8) is 0 Å². The smallest absolute Gasteiger partial charge is 0.152 e. The molecule has 14 heavy (non-hydrogen) atoms.